The molecule has 1 amide bonds. The molecular weight excluding hydrogens is 287 g/mol. The maximum atomic E-state index is 12.7. The number of alkyl halides is 3. The van der Waals surface area contributed by atoms with Crippen LogP contribution in [0.3, 0.4) is 0 Å². The molecule has 0 aliphatic rings. The van der Waals surface area contributed by atoms with Gasteiger partial charge in [0.25, 0.3) is 0 Å². The Kier molecular flexibility index (Phi) is 5.59. The van der Waals surface area contributed by atoms with Gasteiger partial charge in [0.15, 0.2) is 0 Å². The van der Waals surface area contributed by atoms with Crippen LogP contribution in [0.1, 0.15) is 5.56 Å². The van der Waals surface area contributed by atoms with Crippen molar-refractivity contribution in [3.8, 4) is 0 Å². The fourth-order valence-electron chi connectivity index (χ4n) is 1.28. The smallest absolute Gasteiger partial charge is 0.394 e. The van der Waals surface area contributed by atoms with Gasteiger partial charge < -0.3 is 15.2 Å². The first-order valence-electron chi connectivity index (χ1n) is 5.20. The maximum Gasteiger partial charge on any atom is 0.418 e. The third-order valence-electron chi connectivity index (χ3n) is 2.03. The van der Waals surface area contributed by atoms with Crippen molar-refractivity contribution in [2.24, 2.45) is 0 Å². The maximum absolute atomic E-state index is 12.7. The molecule has 106 valence electrons. The van der Waals surface area contributed by atoms with Crippen molar-refractivity contribution in [1.29, 1.82) is 0 Å². The Labute approximate surface area is 112 Å². The lowest BCUT2D eigenvalue weighted by molar-refractivity contribution is -0.137. The number of carbonyl (C=O) groups excluding carboxylic acids is 1. The Morgan fingerprint density at radius 1 is 1.42 bits per heavy atom. The van der Waals surface area contributed by atoms with E-state index < -0.39 is 29.9 Å². The van der Waals surface area contributed by atoms with Crippen LogP contribution in [0.5, 0.6) is 0 Å². The Morgan fingerprint density at radius 2 is 2.11 bits per heavy atom. The van der Waals surface area contributed by atoms with Gasteiger partial charge in [0.2, 0.25) is 5.91 Å². The number of ether oxygens (including phenoxy) is 1. The summed E-state index contributed by atoms with van der Waals surface area (Å²) < 4.78 is 42.8. The number of amides is 1. The summed E-state index contributed by atoms with van der Waals surface area (Å²) in [5, 5.41) is 10.4. The van der Waals surface area contributed by atoms with Crippen molar-refractivity contribution >= 4 is 23.2 Å². The van der Waals surface area contributed by atoms with Gasteiger partial charge in [-0.15, -0.1) is 0 Å². The average molecular weight is 298 g/mol. The molecule has 8 heteroatoms. The Balaban J connectivity index is 2.80. The zero-order valence-electron chi connectivity index (χ0n) is 9.63. The number of hydrogen-bond acceptors (Lipinski definition) is 3. The van der Waals surface area contributed by atoms with Crippen LogP contribution in [0.25, 0.3) is 0 Å². The largest absolute Gasteiger partial charge is 0.418 e. The van der Waals surface area contributed by atoms with E-state index >= 15 is 0 Å². The second-order valence-electron chi connectivity index (χ2n) is 3.51. The van der Waals surface area contributed by atoms with E-state index in [2.05, 4.69) is 5.32 Å². The zero-order valence-corrected chi connectivity index (χ0v) is 10.4. The molecular formula is C11H11ClF3NO3. The SMILES string of the molecule is O=C(COCCO)Nc1ccc(Cl)cc1C(F)(F)F. The van der Waals surface area contributed by atoms with Crippen LogP contribution in [0.2, 0.25) is 5.02 Å². The first-order chi connectivity index (χ1) is 8.84. The van der Waals surface area contributed by atoms with E-state index in [0.29, 0.717) is 0 Å². The van der Waals surface area contributed by atoms with Crippen LogP contribution in [0.15, 0.2) is 18.2 Å². The van der Waals surface area contributed by atoms with Gasteiger partial charge in [-0.2, -0.15) is 13.2 Å². The van der Waals surface area contributed by atoms with E-state index in [-0.39, 0.29) is 18.2 Å². The average Bonchev–Trinajstić information content (AvgIpc) is 2.30. The van der Waals surface area contributed by atoms with E-state index in [1.807, 2.05) is 0 Å². The minimum Gasteiger partial charge on any atom is -0.394 e. The summed E-state index contributed by atoms with van der Waals surface area (Å²) in [5.74, 6) is -0.749. The Hall–Kier alpha value is -1.31. The highest BCUT2D eigenvalue weighted by molar-refractivity contribution is 6.30. The molecule has 1 aromatic carbocycles. The third-order valence-corrected chi connectivity index (χ3v) is 2.26. The number of anilines is 1. The van der Waals surface area contributed by atoms with Gasteiger partial charge >= 0.3 is 6.18 Å². The quantitative estimate of drug-likeness (QED) is 0.820. The van der Waals surface area contributed by atoms with Crippen LogP contribution in [-0.2, 0) is 15.7 Å². The summed E-state index contributed by atoms with van der Waals surface area (Å²) in [4.78, 5) is 11.3. The van der Waals surface area contributed by atoms with E-state index in [1.165, 1.54) is 6.07 Å². The summed E-state index contributed by atoms with van der Waals surface area (Å²) in [7, 11) is 0. The summed E-state index contributed by atoms with van der Waals surface area (Å²) in [5.41, 5.74) is -1.43. The van der Waals surface area contributed by atoms with Crippen molar-refractivity contribution in [3.05, 3.63) is 28.8 Å². The van der Waals surface area contributed by atoms with Crippen LogP contribution < -0.4 is 5.32 Å². The normalized spacial score (nSPS) is 11.4. The Bertz CT molecular complexity index is 451. The number of carbonyl (C=O) groups is 1. The van der Waals surface area contributed by atoms with Crippen molar-refractivity contribution in [2.75, 3.05) is 25.1 Å². The standard InChI is InChI=1S/C11H11ClF3NO3/c12-7-1-2-9(8(5-7)11(13,14)15)16-10(18)6-19-4-3-17/h1-2,5,17H,3-4,6H2,(H,16,18). The first-order valence-corrected chi connectivity index (χ1v) is 5.57. The lowest BCUT2D eigenvalue weighted by Crippen LogP contribution is -2.21. The van der Waals surface area contributed by atoms with E-state index in [9.17, 15) is 18.0 Å². The second kappa shape index (κ2) is 6.74. The fourth-order valence-corrected chi connectivity index (χ4v) is 1.45. The number of aliphatic hydroxyl groups is 1. The minimum absolute atomic E-state index is 0.0693. The van der Waals surface area contributed by atoms with Crippen molar-refractivity contribution in [2.45, 2.75) is 6.18 Å². The van der Waals surface area contributed by atoms with Crippen molar-refractivity contribution in [1.82, 2.24) is 0 Å². The fraction of sp³-hybridized carbons (Fsp3) is 0.364. The molecule has 0 fully saturated rings. The summed E-state index contributed by atoms with van der Waals surface area (Å²) in [6, 6.07) is 3.03. The minimum atomic E-state index is -4.63. The van der Waals surface area contributed by atoms with Crippen LogP contribution in [0.4, 0.5) is 18.9 Å². The molecule has 0 atom stereocenters. The van der Waals surface area contributed by atoms with Crippen LogP contribution >= 0.6 is 11.6 Å². The highest BCUT2D eigenvalue weighted by atomic mass is 35.5. The van der Waals surface area contributed by atoms with Gasteiger partial charge in [-0.05, 0) is 18.2 Å². The number of benzene rings is 1. The lowest BCUT2D eigenvalue weighted by atomic mass is 10.1. The Morgan fingerprint density at radius 3 is 2.68 bits per heavy atom. The molecule has 0 aliphatic carbocycles. The van der Waals surface area contributed by atoms with Crippen LogP contribution in [-0.4, -0.2) is 30.8 Å². The number of nitrogens with one attached hydrogen (secondary N) is 1. The summed E-state index contributed by atoms with van der Waals surface area (Å²) in [6.45, 7) is -0.789. The number of rotatable bonds is 5. The molecule has 19 heavy (non-hydrogen) atoms. The van der Waals surface area contributed by atoms with Gasteiger partial charge in [0.05, 0.1) is 24.5 Å². The lowest BCUT2D eigenvalue weighted by Gasteiger charge is -2.14. The molecule has 2 N–H and O–H groups in total. The van der Waals surface area contributed by atoms with Gasteiger partial charge in [-0.1, -0.05) is 11.6 Å². The molecule has 0 unspecified atom stereocenters. The summed E-state index contributed by atoms with van der Waals surface area (Å²) >= 11 is 5.50. The van der Waals surface area contributed by atoms with E-state index in [4.69, 9.17) is 21.4 Å². The van der Waals surface area contributed by atoms with Crippen molar-refractivity contribution < 1.29 is 27.8 Å². The van der Waals surface area contributed by atoms with Gasteiger partial charge in [-0.3, -0.25) is 4.79 Å². The topological polar surface area (TPSA) is 58.6 Å². The van der Waals surface area contributed by atoms with E-state index in [0.717, 1.165) is 12.1 Å². The van der Waals surface area contributed by atoms with E-state index in [1.54, 1.807) is 0 Å². The summed E-state index contributed by atoms with van der Waals surface area (Å²) in [6.07, 6.45) is -4.63. The van der Waals surface area contributed by atoms with Crippen LogP contribution in [0, 0.1) is 0 Å². The van der Waals surface area contributed by atoms with Gasteiger partial charge in [0.1, 0.15) is 6.61 Å². The highest BCUT2D eigenvalue weighted by Crippen LogP contribution is 2.36. The predicted octanol–water partition coefficient (Wildman–Crippen LogP) is 2.31. The predicted molar refractivity (Wildman–Crippen MR) is 63.0 cm³/mol. The molecule has 0 aliphatic heterocycles. The second-order valence-corrected chi connectivity index (χ2v) is 3.95. The first kappa shape index (κ1) is 15.7. The molecule has 0 heterocycles. The highest BCUT2D eigenvalue weighted by Gasteiger charge is 2.34. The number of hydrogen-bond donors (Lipinski definition) is 2. The molecule has 0 saturated heterocycles. The zero-order chi connectivity index (χ0) is 14.5. The molecule has 0 saturated carbocycles. The third kappa shape index (κ3) is 5.06. The van der Waals surface area contributed by atoms with Gasteiger partial charge in [-0.25, -0.2) is 0 Å². The number of aliphatic hydroxyl groups excluding tert-OH is 1. The monoisotopic (exact) mass is 297 g/mol. The van der Waals surface area contributed by atoms with Gasteiger partial charge in [0, 0.05) is 5.02 Å². The molecule has 4 nitrogen and oxygen atoms in total. The molecule has 0 bridgehead atoms. The molecule has 1 aromatic rings. The molecule has 0 spiro atoms. The number of halogens is 4. The molecule has 0 aromatic heterocycles. The molecule has 1 rings (SSSR count). The van der Waals surface area contributed by atoms with Crippen molar-refractivity contribution in [3.63, 3.8) is 0 Å². The molecule has 0 radical (unpaired) electrons.